The molecule has 2 heterocycles. The van der Waals surface area contributed by atoms with Crippen LogP contribution in [0.3, 0.4) is 0 Å². The molecule has 0 aliphatic carbocycles. The minimum Gasteiger partial charge on any atom is -0.488 e. The molecule has 1 saturated heterocycles. The van der Waals surface area contributed by atoms with Gasteiger partial charge in [-0.05, 0) is 69.2 Å². The minimum atomic E-state index is -0.517. The van der Waals surface area contributed by atoms with Crippen molar-refractivity contribution in [2.45, 2.75) is 45.8 Å². The molecule has 1 aliphatic heterocycles. The fourth-order valence-electron chi connectivity index (χ4n) is 3.65. The fraction of sp³-hybridized carbons (Fsp3) is 0.500. The molecule has 1 aromatic heterocycles. The minimum absolute atomic E-state index is 0.00574. The number of piperidine rings is 1. The number of carbonyl (C=O) groups is 2. The van der Waals surface area contributed by atoms with E-state index in [0.717, 1.165) is 24.3 Å². The number of ether oxygens (including phenoxy) is 2. The SMILES string of the molecule is CN(CC1CCCN(C(=O)c2cccc(OCc3cccs3)c2)C1)C(=O)OC(C)(C)C. The third-order valence-electron chi connectivity index (χ3n) is 5.09. The summed E-state index contributed by atoms with van der Waals surface area (Å²) in [6.07, 6.45) is 1.58. The zero-order valence-electron chi connectivity index (χ0n) is 18.8. The van der Waals surface area contributed by atoms with Crippen molar-refractivity contribution in [3.05, 3.63) is 52.2 Å². The van der Waals surface area contributed by atoms with Crippen LogP contribution < -0.4 is 4.74 Å². The third kappa shape index (κ3) is 6.99. The topological polar surface area (TPSA) is 59.1 Å². The number of hydrogen-bond acceptors (Lipinski definition) is 5. The van der Waals surface area contributed by atoms with Gasteiger partial charge in [-0.3, -0.25) is 4.79 Å². The summed E-state index contributed by atoms with van der Waals surface area (Å²) in [5, 5.41) is 2.02. The highest BCUT2D eigenvalue weighted by Crippen LogP contribution is 2.23. The van der Waals surface area contributed by atoms with E-state index in [9.17, 15) is 9.59 Å². The van der Waals surface area contributed by atoms with E-state index in [1.165, 1.54) is 0 Å². The molecule has 1 fully saturated rings. The fourth-order valence-corrected chi connectivity index (χ4v) is 4.27. The number of amides is 2. The Morgan fingerprint density at radius 3 is 2.74 bits per heavy atom. The molecule has 2 aromatic rings. The molecule has 3 rings (SSSR count). The van der Waals surface area contributed by atoms with Crippen LogP contribution in [0, 0.1) is 5.92 Å². The maximum absolute atomic E-state index is 13.1. The quantitative estimate of drug-likeness (QED) is 0.626. The second-order valence-electron chi connectivity index (χ2n) is 9.02. The van der Waals surface area contributed by atoms with Gasteiger partial charge in [0.15, 0.2) is 0 Å². The van der Waals surface area contributed by atoms with Crippen LogP contribution >= 0.6 is 11.3 Å². The van der Waals surface area contributed by atoms with Gasteiger partial charge in [-0.15, -0.1) is 11.3 Å². The Balaban J connectivity index is 1.56. The molecule has 168 valence electrons. The summed E-state index contributed by atoms with van der Waals surface area (Å²) in [7, 11) is 1.75. The number of likely N-dealkylation sites (tertiary alicyclic amines) is 1. The lowest BCUT2D eigenvalue weighted by molar-refractivity contribution is 0.0244. The average Bonchev–Trinajstić information content (AvgIpc) is 3.24. The molecule has 2 amide bonds. The second-order valence-corrected chi connectivity index (χ2v) is 10.0. The molecule has 1 aromatic carbocycles. The lowest BCUT2D eigenvalue weighted by Crippen LogP contribution is -2.45. The van der Waals surface area contributed by atoms with E-state index in [0.29, 0.717) is 31.0 Å². The van der Waals surface area contributed by atoms with Gasteiger partial charge in [-0.25, -0.2) is 4.79 Å². The monoisotopic (exact) mass is 444 g/mol. The van der Waals surface area contributed by atoms with Crippen molar-refractivity contribution in [1.82, 2.24) is 9.80 Å². The highest BCUT2D eigenvalue weighted by Gasteiger charge is 2.28. The standard InChI is InChI=1S/C24H32N2O4S/c1-24(2,3)30-23(28)25(4)15-18-8-6-12-26(16-18)22(27)19-9-5-10-20(14-19)29-17-21-11-7-13-31-21/h5,7,9-11,13-14,18H,6,8,12,15-17H2,1-4H3. The average molecular weight is 445 g/mol. The van der Waals surface area contributed by atoms with E-state index in [1.807, 2.05) is 67.4 Å². The van der Waals surface area contributed by atoms with Crippen molar-refractivity contribution < 1.29 is 19.1 Å². The zero-order chi connectivity index (χ0) is 22.4. The summed E-state index contributed by atoms with van der Waals surface area (Å²) in [6.45, 7) is 8.01. The van der Waals surface area contributed by atoms with Gasteiger partial charge in [0.25, 0.3) is 5.91 Å². The molecular weight excluding hydrogens is 412 g/mol. The predicted octanol–water partition coefficient (Wildman–Crippen LogP) is 5.05. The maximum atomic E-state index is 13.1. The second kappa shape index (κ2) is 10.2. The molecule has 7 heteroatoms. The van der Waals surface area contributed by atoms with Gasteiger partial charge >= 0.3 is 6.09 Å². The van der Waals surface area contributed by atoms with Gasteiger partial charge in [0, 0.05) is 37.1 Å². The molecular formula is C24H32N2O4S. The van der Waals surface area contributed by atoms with Gasteiger partial charge in [0.05, 0.1) is 0 Å². The summed E-state index contributed by atoms with van der Waals surface area (Å²) in [5.74, 6) is 0.928. The van der Waals surface area contributed by atoms with Crippen molar-refractivity contribution in [3.8, 4) is 5.75 Å². The first-order chi connectivity index (χ1) is 14.7. The Morgan fingerprint density at radius 1 is 1.23 bits per heavy atom. The maximum Gasteiger partial charge on any atom is 0.410 e. The molecule has 1 atom stereocenters. The molecule has 6 nitrogen and oxygen atoms in total. The van der Waals surface area contributed by atoms with E-state index in [1.54, 1.807) is 23.3 Å². The lowest BCUT2D eigenvalue weighted by Gasteiger charge is -2.35. The highest BCUT2D eigenvalue weighted by molar-refractivity contribution is 7.09. The van der Waals surface area contributed by atoms with Crippen molar-refractivity contribution >= 4 is 23.3 Å². The van der Waals surface area contributed by atoms with E-state index in [4.69, 9.17) is 9.47 Å². The van der Waals surface area contributed by atoms with Crippen molar-refractivity contribution in [2.75, 3.05) is 26.7 Å². The Kier molecular flexibility index (Phi) is 7.59. The summed E-state index contributed by atoms with van der Waals surface area (Å²) in [5.41, 5.74) is 0.112. The summed E-state index contributed by atoms with van der Waals surface area (Å²) in [4.78, 5) is 30.0. The third-order valence-corrected chi connectivity index (χ3v) is 5.94. The molecule has 0 saturated carbocycles. The first kappa shape index (κ1) is 23.1. The van der Waals surface area contributed by atoms with Crippen molar-refractivity contribution in [1.29, 1.82) is 0 Å². The molecule has 31 heavy (non-hydrogen) atoms. The molecule has 1 aliphatic rings. The highest BCUT2D eigenvalue weighted by atomic mass is 32.1. The summed E-state index contributed by atoms with van der Waals surface area (Å²) in [6, 6.07) is 11.4. The first-order valence-corrected chi connectivity index (χ1v) is 11.6. The van der Waals surface area contributed by atoms with Crippen LogP contribution in [0.5, 0.6) is 5.75 Å². The zero-order valence-corrected chi connectivity index (χ0v) is 19.6. The Hall–Kier alpha value is -2.54. The number of thiophene rings is 1. The Labute approximate surface area is 188 Å². The van der Waals surface area contributed by atoms with E-state index >= 15 is 0 Å². The predicted molar refractivity (Wildman–Crippen MR) is 123 cm³/mol. The van der Waals surface area contributed by atoms with E-state index in [2.05, 4.69) is 0 Å². The van der Waals surface area contributed by atoms with Gasteiger partial charge in [-0.2, -0.15) is 0 Å². The van der Waals surface area contributed by atoms with Crippen molar-refractivity contribution in [3.63, 3.8) is 0 Å². The normalized spacial score (nSPS) is 16.6. The molecule has 0 N–H and O–H groups in total. The van der Waals surface area contributed by atoms with Crippen LogP contribution in [0.25, 0.3) is 0 Å². The molecule has 0 spiro atoms. The Bertz CT molecular complexity index is 876. The van der Waals surface area contributed by atoms with E-state index in [-0.39, 0.29) is 17.9 Å². The van der Waals surface area contributed by atoms with Gasteiger partial charge in [0.2, 0.25) is 0 Å². The summed E-state index contributed by atoms with van der Waals surface area (Å²) < 4.78 is 11.3. The van der Waals surface area contributed by atoms with Crippen LogP contribution in [0.15, 0.2) is 41.8 Å². The van der Waals surface area contributed by atoms with Crippen LogP contribution in [0.2, 0.25) is 0 Å². The van der Waals surface area contributed by atoms with Gasteiger partial charge in [0.1, 0.15) is 18.0 Å². The number of rotatable bonds is 6. The van der Waals surface area contributed by atoms with Gasteiger partial charge < -0.3 is 19.3 Å². The lowest BCUT2D eigenvalue weighted by atomic mass is 9.97. The number of hydrogen-bond donors (Lipinski definition) is 0. The molecule has 1 unspecified atom stereocenters. The smallest absolute Gasteiger partial charge is 0.410 e. The number of carbonyl (C=O) groups excluding carboxylic acids is 2. The van der Waals surface area contributed by atoms with Gasteiger partial charge in [-0.1, -0.05) is 12.1 Å². The van der Waals surface area contributed by atoms with Crippen LogP contribution in [0.1, 0.15) is 48.8 Å². The van der Waals surface area contributed by atoms with Crippen molar-refractivity contribution in [2.24, 2.45) is 5.92 Å². The van der Waals surface area contributed by atoms with Crippen LogP contribution in [-0.4, -0.2) is 54.1 Å². The first-order valence-electron chi connectivity index (χ1n) is 10.7. The number of benzene rings is 1. The largest absolute Gasteiger partial charge is 0.488 e. The Morgan fingerprint density at radius 2 is 2.03 bits per heavy atom. The van der Waals surface area contributed by atoms with Crippen LogP contribution in [0.4, 0.5) is 4.79 Å². The number of nitrogens with zero attached hydrogens (tertiary/aromatic N) is 2. The molecule has 0 radical (unpaired) electrons. The van der Waals surface area contributed by atoms with Crippen LogP contribution in [-0.2, 0) is 11.3 Å². The van der Waals surface area contributed by atoms with E-state index < -0.39 is 5.60 Å². The molecule has 0 bridgehead atoms. The summed E-state index contributed by atoms with van der Waals surface area (Å²) >= 11 is 1.65.